The van der Waals surface area contributed by atoms with E-state index in [-0.39, 0.29) is 5.09 Å². The van der Waals surface area contributed by atoms with Gasteiger partial charge in [0, 0.05) is 5.39 Å². The minimum absolute atomic E-state index is 0.181. The lowest BCUT2D eigenvalue weighted by Crippen LogP contribution is -2.22. The van der Waals surface area contributed by atoms with Gasteiger partial charge in [0.1, 0.15) is 5.58 Å². The van der Waals surface area contributed by atoms with Crippen LogP contribution in [0.2, 0.25) is 0 Å². The van der Waals surface area contributed by atoms with Crippen molar-refractivity contribution in [2.45, 2.75) is 11.3 Å². The van der Waals surface area contributed by atoms with Crippen LogP contribution in [0.1, 0.15) is 0 Å². The number of benzene rings is 1. The summed E-state index contributed by atoms with van der Waals surface area (Å²) in [7, 11) is 0. The number of furan rings is 1. The molecule has 0 spiro atoms. The number of thioether (sulfide) groups is 1. The van der Waals surface area contributed by atoms with Crippen molar-refractivity contribution in [1.82, 2.24) is 0 Å². The van der Waals surface area contributed by atoms with Gasteiger partial charge in [-0.05, 0) is 23.9 Å². The Morgan fingerprint density at radius 3 is 2.71 bits per heavy atom. The van der Waals surface area contributed by atoms with Gasteiger partial charge in [-0.1, -0.05) is 18.2 Å². The van der Waals surface area contributed by atoms with Crippen LogP contribution in [0.5, 0.6) is 0 Å². The fourth-order valence-electron chi connectivity index (χ4n) is 1.26. The largest absolute Gasteiger partial charge is 0.479 e. The third-order valence-electron chi connectivity index (χ3n) is 2.03. The SMILES string of the molecule is O=C(O)C(F)C(=O)Sc1cc2ccccc2o1. The van der Waals surface area contributed by atoms with Crippen molar-refractivity contribution < 1.29 is 23.5 Å². The van der Waals surface area contributed by atoms with Crippen LogP contribution in [0.4, 0.5) is 4.39 Å². The number of carboxylic acids is 1. The molecule has 6 heteroatoms. The predicted molar refractivity (Wildman–Crippen MR) is 59.6 cm³/mol. The molecule has 0 aliphatic heterocycles. The van der Waals surface area contributed by atoms with Gasteiger partial charge in [-0.3, -0.25) is 4.79 Å². The summed E-state index contributed by atoms with van der Waals surface area (Å²) in [6.45, 7) is 0. The van der Waals surface area contributed by atoms with Crippen LogP contribution in [0.15, 0.2) is 39.8 Å². The highest BCUT2D eigenvalue weighted by atomic mass is 32.2. The Morgan fingerprint density at radius 2 is 2.06 bits per heavy atom. The summed E-state index contributed by atoms with van der Waals surface area (Å²) in [6, 6.07) is 8.60. The summed E-state index contributed by atoms with van der Waals surface area (Å²) in [4.78, 5) is 21.4. The first kappa shape index (κ1) is 11.7. The Labute approximate surface area is 99.4 Å². The van der Waals surface area contributed by atoms with E-state index >= 15 is 0 Å². The van der Waals surface area contributed by atoms with Crippen molar-refractivity contribution in [2.75, 3.05) is 0 Å². The Hall–Kier alpha value is -1.82. The zero-order valence-electron chi connectivity index (χ0n) is 8.42. The van der Waals surface area contributed by atoms with Gasteiger partial charge in [0.25, 0.3) is 6.17 Å². The number of carbonyl (C=O) groups is 2. The van der Waals surface area contributed by atoms with E-state index in [2.05, 4.69) is 0 Å². The first-order valence-corrected chi connectivity index (χ1v) is 5.47. The Morgan fingerprint density at radius 1 is 1.35 bits per heavy atom. The lowest BCUT2D eigenvalue weighted by Gasteiger charge is -1.98. The van der Waals surface area contributed by atoms with Crippen LogP contribution < -0.4 is 0 Å². The number of halogens is 1. The molecule has 0 saturated heterocycles. The highest BCUT2D eigenvalue weighted by Gasteiger charge is 2.27. The van der Waals surface area contributed by atoms with Crippen LogP contribution in [0.25, 0.3) is 11.0 Å². The molecule has 1 aromatic heterocycles. The standard InChI is InChI=1S/C11H7FO4S/c12-9(10(13)14)11(15)17-8-5-6-3-1-2-4-7(6)16-8/h1-5,9H,(H,13,14). The number of alkyl halides is 1. The average Bonchev–Trinajstić information content (AvgIpc) is 2.69. The maximum absolute atomic E-state index is 12.8. The molecule has 1 heterocycles. The molecule has 0 aliphatic carbocycles. The molecule has 0 amide bonds. The molecule has 1 unspecified atom stereocenters. The van der Waals surface area contributed by atoms with E-state index in [1.165, 1.54) is 0 Å². The number of carboxylic acid groups (broad SMARTS) is 1. The molecule has 0 fully saturated rings. The zero-order chi connectivity index (χ0) is 12.4. The molecule has 4 nitrogen and oxygen atoms in total. The van der Waals surface area contributed by atoms with Crippen LogP contribution >= 0.6 is 11.8 Å². The van der Waals surface area contributed by atoms with Crippen molar-refractivity contribution in [3.63, 3.8) is 0 Å². The van der Waals surface area contributed by atoms with E-state index < -0.39 is 17.3 Å². The minimum Gasteiger partial charge on any atom is -0.479 e. The van der Waals surface area contributed by atoms with Crippen LogP contribution in [-0.2, 0) is 9.59 Å². The third kappa shape index (κ3) is 2.47. The van der Waals surface area contributed by atoms with Crippen molar-refractivity contribution in [2.24, 2.45) is 0 Å². The average molecular weight is 254 g/mol. The first-order valence-electron chi connectivity index (χ1n) is 4.65. The summed E-state index contributed by atoms with van der Waals surface area (Å²) in [5.41, 5.74) is 0.563. The number of fused-ring (bicyclic) bond motifs is 1. The molecular weight excluding hydrogens is 247 g/mol. The molecule has 0 saturated carbocycles. The number of aliphatic carboxylic acids is 1. The van der Waals surface area contributed by atoms with E-state index in [1.54, 1.807) is 30.3 Å². The quantitative estimate of drug-likeness (QED) is 0.673. The monoisotopic (exact) mass is 254 g/mol. The molecule has 0 bridgehead atoms. The molecule has 2 aromatic rings. The highest BCUT2D eigenvalue weighted by Crippen LogP contribution is 2.28. The van der Waals surface area contributed by atoms with Crippen molar-refractivity contribution in [1.29, 1.82) is 0 Å². The number of hydrogen-bond donors (Lipinski definition) is 1. The third-order valence-corrected chi connectivity index (χ3v) is 2.84. The number of rotatable bonds is 3. The second-order valence-electron chi connectivity index (χ2n) is 3.23. The van der Waals surface area contributed by atoms with Gasteiger partial charge in [-0.25, -0.2) is 9.18 Å². The zero-order valence-corrected chi connectivity index (χ0v) is 9.24. The van der Waals surface area contributed by atoms with E-state index in [9.17, 15) is 14.0 Å². The summed E-state index contributed by atoms with van der Waals surface area (Å²) >= 11 is 0.444. The van der Waals surface area contributed by atoms with Crippen LogP contribution in [-0.4, -0.2) is 22.4 Å². The van der Waals surface area contributed by atoms with Crippen LogP contribution in [0.3, 0.4) is 0 Å². The molecule has 1 N–H and O–H groups in total. The summed E-state index contributed by atoms with van der Waals surface area (Å²) in [5, 5.41) is 8.18. The van der Waals surface area contributed by atoms with Crippen molar-refractivity contribution in [3.8, 4) is 0 Å². The summed E-state index contributed by atoms with van der Waals surface area (Å²) in [5.74, 6) is -1.79. The van der Waals surface area contributed by atoms with Gasteiger partial charge in [-0.15, -0.1) is 0 Å². The summed E-state index contributed by atoms with van der Waals surface area (Å²) < 4.78 is 18.1. The van der Waals surface area contributed by atoms with E-state index in [4.69, 9.17) is 9.52 Å². The van der Waals surface area contributed by atoms with E-state index in [1.807, 2.05) is 0 Å². The minimum atomic E-state index is -2.53. The van der Waals surface area contributed by atoms with Crippen molar-refractivity contribution >= 4 is 33.8 Å². The number of carbonyl (C=O) groups excluding carboxylic acids is 1. The second kappa shape index (κ2) is 4.58. The molecule has 2 rings (SSSR count). The Kier molecular flexibility index (Phi) is 3.14. The molecule has 1 atom stereocenters. The Bertz CT molecular complexity index is 545. The first-order chi connectivity index (χ1) is 8.08. The van der Waals surface area contributed by atoms with Gasteiger partial charge in [0.05, 0.1) is 0 Å². The highest BCUT2D eigenvalue weighted by molar-refractivity contribution is 8.13. The second-order valence-corrected chi connectivity index (χ2v) is 4.23. The van der Waals surface area contributed by atoms with Crippen molar-refractivity contribution in [3.05, 3.63) is 30.3 Å². The molecule has 1 aromatic carbocycles. The topological polar surface area (TPSA) is 67.5 Å². The van der Waals surface area contributed by atoms with Gasteiger partial charge in [0.2, 0.25) is 5.12 Å². The van der Waals surface area contributed by atoms with E-state index in [0.717, 1.165) is 5.39 Å². The van der Waals surface area contributed by atoms with Gasteiger partial charge < -0.3 is 9.52 Å². The number of hydrogen-bond acceptors (Lipinski definition) is 4. The molecular formula is C11H7FO4S. The Balaban J connectivity index is 2.19. The molecule has 17 heavy (non-hydrogen) atoms. The fourth-order valence-corrected chi connectivity index (χ4v) is 1.98. The smallest absolute Gasteiger partial charge is 0.347 e. The lowest BCUT2D eigenvalue weighted by molar-refractivity contribution is -0.145. The van der Waals surface area contributed by atoms with Crippen LogP contribution in [0, 0.1) is 0 Å². The maximum Gasteiger partial charge on any atom is 0.347 e. The normalized spacial score (nSPS) is 12.5. The van der Waals surface area contributed by atoms with Gasteiger partial charge in [0.15, 0.2) is 5.09 Å². The summed E-state index contributed by atoms with van der Waals surface area (Å²) in [6.07, 6.45) is -2.53. The molecule has 88 valence electrons. The van der Waals surface area contributed by atoms with E-state index in [0.29, 0.717) is 17.3 Å². The molecule has 0 aliphatic rings. The maximum atomic E-state index is 12.8. The molecule has 0 radical (unpaired) electrons. The van der Waals surface area contributed by atoms with Gasteiger partial charge >= 0.3 is 5.97 Å². The fraction of sp³-hybridized carbons (Fsp3) is 0.0909. The van der Waals surface area contributed by atoms with Gasteiger partial charge in [-0.2, -0.15) is 0 Å². The lowest BCUT2D eigenvalue weighted by atomic mass is 10.3. The number of para-hydroxylation sites is 1. The predicted octanol–water partition coefficient (Wildman–Crippen LogP) is 2.47.